The molecule has 2 aliphatic rings. The van der Waals surface area contributed by atoms with Gasteiger partial charge in [-0.05, 0) is 43.5 Å². The minimum Gasteiger partial charge on any atom is -0.453 e. The summed E-state index contributed by atoms with van der Waals surface area (Å²) in [4.78, 5) is 2.37. The number of ether oxygens (including phenoxy) is 2. The van der Waals surface area contributed by atoms with Gasteiger partial charge in [0.1, 0.15) is 0 Å². The lowest BCUT2D eigenvalue weighted by Gasteiger charge is -2.25. The average molecular weight is 311 g/mol. The van der Waals surface area contributed by atoms with Gasteiger partial charge in [0.2, 0.25) is 6.79 Å². The Balaban J connectivity index is 2.08. The molecule has 116 valence electrons. The summed E-state index contributed by atoms with van der Waals surface area (Å²) in [5.74, 6) is 2.43. The average Bonchev–Trinajstić information content (AvgIpc) is 3.04. The van der Waals surface area contributed by atoms with Crippen LogP contribution in [0.5, 0.6) is 11.5 Å². The Morgan fingerprint density at radius 3 is 2.71 bits per heavy atom. The second-order valence-electron chi connectivity index (χ2n) is 6.37. The first-order valence-corrected chi connectivity index (χ1v) is 7.92. The molecular formula is C16H23ClN2O2. The molecule has 0 radical (unpaired) electrons. The van der Waals surface area contributed by atoms with E-state index >= 15 is 0 Å². The van der Waals surface area contributed by atoms with Gasteiger partial charge in [0.25, 0.3) is 0 Å². The molecule has 1 aromatic rings. The highest BCUT2D eigenvalue weighted by Gasteiger charge is 2.35. The van der Waals surface area contributed by atoms with E-state index in [1.807, 2.05) is 0 Å². The van der Waals surface area contributed by atoms with E-state index in [0.717, 1.165) is 25.3 Å². The largest absolute Gasteiger partial charge is 0.453 e. The fraction of sp³-hybridized carbons (Fsp3) is 0.625. The lowest BCUT2D eigenvalue weighted by atomic mass is 9.89. The van der Waals surface area contributed by atoms with Crippen molar-refractivity contribution < 1.29 is 9.47 Å². The zero-order valence-corrected chi connectivity index (χ0v) is 13.6. The first kappa shape index (κ1) is 14.9. The van der Waals surface area contributed by atoms with E-state index in [4.69, 9.17) is 26.8 Å². The van der Waals surface area contributed by atoms with Crippen LogP contribution in [-0.2, 0) is 0 Å². The van der Waals surface area contributed by atoms with Gasteiger partial charge < -0.3 is 15.2 Å². The van der Waals surface area contributed by atoms with Gasteiger partial charge in [0, 0.05) is 18.2 Å². The van der Waals surface area contributed by atoms with E-state index in [1.165, 1.54) is 11.1 Å². The maximum atomic E-state index is 6.40. The van der Waals surface area contributed by atoms with Crippen LogP contribution in [0.4, 0.5) is 0 Å². The molecule has 5 heteroatoms. The number of likely N-dealkylation sites (tertiary alicyclic amines) is 1. The SMILES string of the molecule is CC(C)c1c(C2CC(CN)CN2C)cc(Cl)c2c1OCO2. The third kappa shape index (κ3) is 2.50. The van der Waals surface area contributed by atoms with E-state index in [2.05, 4.69) is 31.9 Å². The zero-order valence-electron chi connectivity index (χ0n) is 12.9. The second kappa shape index (κ2) is 5.67. The standard InChI is InChI=1S/C16H23ClN2O2/c1-9(2)14-11(13-4-10(6-18)7-19(13)3)5-12(17)15-16(14)21-8-20-15/h5,9-10,13H,4,6-8,18H2,1-3H3. The van der Waals surface area contributed by atoms with Crippen molar-refractivity contribution in [2.75, 3.05) is 26.9 Å². The summed E-state index contributed by atoms with van der Waals surface area (Å²) in [6.45, 7) is 6.39. The molecule has 4 nitrogen and oxygen atoms in total. The van der Waals surface area contributed by atoms with Crippen molar-refractivity contribution in [1.29, 1.82) is 0 Å². The summed E-state index contributed by atoms with van der Waals surface area (Å²) in [6.07, 6.45) is 1.07. The number of nitrogens with zero attached hydrogens (tertiary/aromatic N) is 1. The van der Waals surface area contributed by atoms with Crippen LogP contribution in [-0.4, -0.2) is 31.8 Å². The molecule has 2 atom stereocenters. The van der Waals surface area contributed by atoms with Crippen LogP contribution in [0.25, 0.3) is 0 Å². The van der Waals surface area contributed by atoms with E-state index in [0.29, 0.717) is 28.6 Å². The number of benzene rings is 1. The zero-order chi connectivity index (χ0) is 15.1. The number of hydrogen-bond acceptors (Lipinski definition) is 4. The van der Waals surface area contributed by atoms with Gasteiger partial charge in [-0.25, -0.2) is 0 Å². The quantitative estimate of drug-likeness (QED) is 0.931. The van der Waals surface area contributed by atoms with Crippen molar-refractivity contribution in [3.05, 3.63) is 22.2 Å². The first-order chi connectivity index (χ1) is 10.0. The minimum atomic E-state index is 0.254. The monoisotopic (exact) mass is 310 g/mol. The highest BCUT2D eigenvalue weighted by Crippen LogP contribution is 2.49. The molecule has 1 aromatic carbocycles. The first-order valence-electron chi connectivity index (χ1n) is 7.55. The fourth-order valence-corrected chi connectivity index (χ4v) is 3.84. The molecule has 0 bridgehead atoms. The predicted molar refractivity (Wildman–Crippen MR) is 84.2 cm³/mol. The Morgan fingerprint density at radius 1 is 1.38 bits per heavy atom. The van der Waals surface area contributed by atoms with Crippen LogP contribution in [0, 0.1) is 5.92 Å². The smallest absolute Gasteiger partial charge is 0.231 e. The van der Waals surface area contributed by atoms with Crippen molar-refractivity contribution in [2.45, 2.75) is 32.2 Å². The van der Waals surface area contributed by atoms with Crippen LogP contribution < -0.4 is 15.2 Å². The molecule has 1 saturated heterocycles. The molecule has 2 unspecified atom stereocenters. The van der Waals surface area contributed by atoms with Gasteiger partial charge in [-0.1, -0.05) is 25.4 Å². The summed E-state index contributed by atoms with van der Waals surface area (Å²) < 4.78 is 11.2. The van der Waals surface area contributed by atoms with Crippen molar-refractivity contribution >= 4 is 11.6 Å². The van der Waals surface area contributed by atoms with E-state index in [-0.39, 0.29) is 6.79 Å². The van der Waals surface area contributed by atoms with Crippen LogP contribution in [0.1, 0.15) is 43.4 Å². The summed E-state index contributed by atoms with van der Waals surface area (Å²) in [7, 11) is 2.16. The van der Waals surface area contributed by atoms with Crippen molar-refractivity contribution in [3.8, 4) is 11.5 Å². The predicted octanol–water partition coefficient (Wildman–Crippen LogP) is 3.14. The van der Waals surface area contributed by atoms with Crippen LogP contribution in [0.15, 0.2) is 6.07 Å². The summed E-state index contributed by atoms with van der Waals surface area (Å²) in [5.41, 5.74) is 8.34. The van der Waals surface area contributed by atoms with Gasteiger partial charge in [-0.2, -0.15) is 0 Å². The molecule has 3 rings (SSSR count). The van der Waals surface area contributed by atoms with Gasteiger partial charge in [0.05, 0.1) is 5.02 Å². The molecule has 0 amide bonds. The summed E-state index contributed by atoms with van der Waals surface area (Å²) >= 11 is 6.40. The van der Waals surface area contributed by atoms with Gasteiger partial charge in [-0.3, -0.25) is 4.90 Å². The molecule has 0 aliphatic carbocycles. The second-order valence-corrected chi connectivity index (χ2v) is 6.78. The van der Waals surface area contributed by atoms with Crippen LogP contribution >= 0.6 is 11.6 Å². The van der Waals surface area contributed by atoms with Crippen molar-refractivity contribution in [2.24, 2.45) is 11.7 Å². The topological polar surface area (TPSA) is 47.7 Å². The lowest BCUT2D eigenvalue weighted by Crippen LogP contribution is -2.21. The maximum Gasteiger partial charge on any atom is 0.231 e. The summed E-state index contributed by atoms with van der Waals surface area (Å²) in [6, 6.07) is 2.41. The number of hydrogen-bond donors (Lipinski definition) is 1. The Morgan fingerprint density at radius 2 is 2.10 bits per heavy atom. The third-order valence-electron chi connectivity index (χ3n) is 4.57. The Hall–Kier alpha value is -0.970. The molecule has 2 heterocycles. The molecule has 2 N–H and O–H groups in total. The van der Waals surface area contributed by atoms with Crippen LogP contribution in [0.3, 0.4) is 0 Å². The molecule has 2 aliphatic heterocycles. The Labute approximate surface area is 131 Å². The van der Waals surface area contributed by atoms with Crippen molar-refractivity contribution in [1.82, 2.24) is 4.90 Å². The number of halogens is 1. The normalized spacial score (nSPS) is 25.0. The van der Waals surface area contributed by atoms with E-state index in [1.54, 1.807) is 0 Å². The molecule has 0 spiro atoms. The molecule has 1 fully saturated rings. The number of nitrogens with two attached hydrogens (primary N) is 1. The highest BCUT2D eigenvalue weighted by molar-refractivity contribution is 6.32. The Kier molecular flexibility index (Phi) is 4.04. The van der Waals surface area contributed by atoms with Gasteiger partial charge in [-0.15, -0.1) is 0 Å². The number of fused-ring (bicyclic) bond motifs is 1. The number of rotatable bonds is 3. The Bertz CT molecular complexity index is 548. The fourth-order valence-electron chi connectivity index (χ4n) is 3.58. The lowest BCUT2D eigenvalue weighted by molar-refractivity contribution is 0.173. The van der Waals surface area contributed by atoms with Crippen molar-refractivity contribution in [3.63, 3.8) is 0 Å². The van der Waals surface area contributed by atoms with Gasteiger partial charge >= 0.3 is 0 Å². The van der Waals surface area contributed by atoms with Gasteiger partial charge in [0.15, 0.2) is 11.5 Å². The van der Waals surface area contributed by atoms with E-state index in [9.17, 15) is 0 Å². The molecule has 21 heavy (non-hydrogen) atoms. The highest BCUT2D eigenvalue weighted by atomic mass is 35.5. The molecular weight excluding hydrogens is 288 g/mol. The minimum absolute atomic E-state index is 0.254. The van der Waals surface area contributed by atoms with Crippen LogP contribution in [0.2, 0.25) is 5.02 Å². The maximum absolute atomic E-state index is 6.40. The summed E-state index contributed by atoms with van der Waals surface area (Å²) in [5, 5.41) is 0.645. The third-order valence-corrected chi connectivity index (χ3v) is 4.85. The molecule has 0 saturated carbocycles. The molecule has 0 aromatic heterocycles. The van der Waals surface area contributed by atoms with E-state index < -0.39 is 0 Å².